The summed E-state index contributed by atoms with van der Waals surface area (Å²) < 4.78 is 42.7. The molecule has 0 bridgehead atoms. The van der Waals surface area contributed by atoms with Gasteiger partial charge in [0, 0.05) is 0 Å². The normalized spacial score (nSPS) is 11.0. The van der Waals surface area contributed by atoms with Gasteiger partial charge in [0.15, 0.2) is 0 Å². The van der Waals surface area contributed by atoms with Crippen molar-refractivity contribution in [1.29, 1.82) is 0 Å². The van der Waals surface area contributed by atoms with Crippen molar-refractivity contribution < 1.29 is 27.5 Å². The zero-order valence-corrected chi connectivity index (χ0v) is 13.2. The van der Waals surface area contributed by atoms with Gasteiger partial charge < -0.3 is 10.1 Å². The molecule has 0 heterocycles. The number of halogens is 3. The quantitative estimate of drug-likeness (QED) is 0.814. The molecule has 4 nitrogen and oxygen atoms in total. The summed E-state index contributed by atoms with van der Waals surface area (Å²) in [7, 11) is 0. The molecule has 0 saturated carbocycles. The third kappa shape index (κ3) is 6.29. The van der Waals surface area contributed by atoms with E-state index in [4.69, 9.17) is 4.74 Å². The molecule has 7 heteroatoms. The Balaban J connectivity index is 1.76. The minimum absolute atomic E-state index is 0.127. The Hall–Kier alpha value is -2.83. The molecule has 0 aliphatic heterocycles. The van der Waals surface area contributed by atoms with Crippen LogP contribution in [0.25, 0.3) is 0 Å². The van der Waals surface area contributed by atoms with Crippen molar-refractivity contribution in [2.24, 2.45) is 0 Å². The molecule has 0 atom stereocenters. The Morgan fingerprint density at radius 2 is 1.64 bits per heavy atom. The lowest BCUT2D eigenvalue weighted by atomic mass is 10.1. The van der Waals surface area contributed by atoms with Crippen molar-refractivity contribution in [2.75, 3.05) is 6.54 Å². The summed E-state index contributed by atoms with van der Waals surface area (Å²) in [4.78, 5) is 23.3. The van der Waals surface area contributed by atoms with Crippen LogP contribution in [0.2, 0.25) is 0 Å². The topological polar surface area (TPSA) is 55.4 Å². The van der Waals surface area contributed by atoms with E-state index in [0.717, 1.165) is 17.7 Å². The number of hydrogen-bond donors (Lipinski definition) is 1. The van der Waals surface area contributed by atoms with Crippen molar-refractivity contribution in [3.05, 3.63) is 71.3 Å². The summed E-state index contributed by atoms with van der Waals surface area (Å²) in [6, 6.07) is 13.5. The van der Waals surface area contributed by atoms with E-state index in [-0.39, 0.29) is 31.0 Å². The number of nitrogens with one attached hydrogen (secondary N) is 1. The summed E-state index contributed by atoms with van der Waals surface area (Å²) in [5.74, 6) is -1.07. The highest BCUT2D eigenvalue weighted by Crippen LogP contribution is 2.29. The molecule has 0 aromatic heterocycles. The Kier molecular flexibility index (Phi) is 6.16. The fourth-order valence-electron chi connectivity index (χ4n) is 2.07. The Morgan fingerprint density at radius 1 is 0.960 bits per heavy atom. The zero-order chi connectivity index (χ0) is 18.3. The van der Waals surface area contributed by atoms with Gasteiger partial charge in [0.05, 0.1) is 12.0 Å². The van der Waals surface area contributed by atoms with Gasteiger partial charge in [-0.2, -0.15) is 13.2 Å². The van der Waals surface area contributed by atoms with Gasteiger partial charge in [-0.1, -0.05) is 42.5 Å². The van der Waals surface area contributed by atoms with E-state index in [0.29, 0.717) is 0 Å². The molecule has 0 aliphatic carbocycles. The number of carbonyl (C=O) groups excluding carboxylic acids is 2. The molecule has 2 aromatic carbocycles. The fraction of sp³-hybridized carbons (Fsp3) is 0.222. The summed E-state index contributed by atoms with van der Waals surface area (Å²) >= 11 is 0. The maximum absolute atomic E-state index is 12.6. The molecule has 2 aromatic rings. The molecular weight excluding hydrogens is 335 g/mol. The third-order valence-corrected chi connectivity index (χ3v) is 3.29. The van der Waals surface area contributed by atoms with Gasteiger partial charge >= 0.3 is 12.1 Å². The Labute approximate surface area is 142 Å². The zero-order valence-electron chi connectivity index (χ0n) is 13.2. The molecule has 1 amide bonds. The first-order valence-electron chi connectivity index (χ1n) is 7.47. The lowest BCUT2D eigenvalue weighted by Gasteiger charge is -2.10. The number of benzene rings is 2. The second-order valence-corrected chi connectivity index (χ2v) is 5.30. The van der Waals surface area contributed by atoms with E-state index in [9.17, 15) is 22.8 Å². The van der Waals surface area contributed by atoms with Gasteiger partial charge in [-0.25, -0.2) is 0 Å². The first kappa shape index (κ1) is 18.5. The summed E-state index contributed by atoms with van der Waals surface area (Å²) in [5.41, 5.74) is 0.216. The van der Waals surface area contributed by atoms with E-state index >= 15 is 0 Å². The smallest absolute Gasteiger partial charge is 0.416 e. The van der Waals surface area contributed by atoms with Gasteiger partial charge in [0.25, 0.3) is 0 Å². The van der Waals surface area contributed by atoms with Crippen LogP contribution in [0, 0.1) is 0 Å². The first-order valence-corrected chi connectivity index (χ1v) is 7.47. The standard InChI is InChI=1S/C18H16F3NO3/c19-18(20,21)15-8-4-7-14(9-15)12-25-17(24)11-22-16(23)10-13-5-2-1-3-6-13/h1-9H,10-12H2,(H,22,23). The number of carbonyl (C=O) groups is 2. The van der Waals surface area contributed by atoms with Gasteiger partial charge in [-0.05, 0) is 23.3 Å². The van der Waals surface area contributed by atoms with Gasteiger partial charge in [-0.15, -0.1) is 0 Å². The van der Waals surface area contributed by atoms with Crippen LogP contribution in [0.4, 0.5) is 13.2 Å². The van der Waals surface area contributed by atoms with Crippen LogP contribution in [0.3, 0.4) is 0 Å². The molecule has 0 spiro atoms. The SMILES string of the molecule is O=C(Cc1ccccc1)NCC(=O)OCc1cccc(C(F)(F)F)c1. The first-order chi connectivity index (χ1) is 11.8. The molecule has 0 unspecified atom stereocenters. The monoisotopic (exact) mass is 351 g/mol. The predicted molar refractivity (Wildman–Crippen MR) is 84.4 cm³/mol. The van der Waals surface area contributed by atoms with E-state index in [1.807, 2.05) is 6.07 Å². The summed E-state index contributed by atoms with van der Waals surface area (Å²) in [6.45, 7) is -0.637. The van der Waals surface area contributed by atoms with Crippen molar-refractivity contribution in [1.82, 2.24) is 5.32 Å². The number of amides is 1. The lowest BCUT2D eigenvalue weighted by Crippen LogP contribution is -2.31. The van der Waals surface area contributed by atoms with E-state index < -0.39 is 17.7 Å². The lowest BCUT2D eigenvalue weighted by molar-refractivity contribution is -0.145. The highest BCUT2D eigenvalue weighted by molar-refractivity contribution is 5.83. The number of esters is 1. The number of rotatable bonds is 6. The van der Waals surface area contributed by atoms with Crippen LogP contribution in [0.1, 0.15) is 16.7 Å². The van der Waals surface area contributed by atoms with Crippen LogP contribution in [-0.4, -0.2) is 18.4 Å². The number of hydrogen-bond acceptors (Lipinski definition) is 3. The molecule has 0 aliphatic rings. The van der Waals surface area contributed by atoms with E-state index in [1.54, 1.807) is 24.3 Å². The highest BCUT2D eigenvalue weighted by atomic mass is 19.4. The third-order valence-electron chi connectivity index (χ3n) is 3.29. The second kappa shape index (κ2) is 8.32. The number of alkyl halides is 3. The van der Waals surface area contributed by atoms with Crippen LogP contribution in [0.5, 0.6) is 0 Å². The summed E-state index contributed by atoms with van der Waals surface area (Å²) in [5, 5.41) is 2.41. The molecule has 132 valence electrons. The molecular formula is C18H16F3NO3. The highest BCUT2D eigenvalue weighted by Gasteiger charge is 2.30. The van der Waals surface area contributed by atoms with Gasteiger partial charge in [-0.3, -0.25) is 9.59 Å². The maximum Gasteiger partial charge on any atom is 0.416 e. The van der Waals surface area contributed by atoms with E-state index in [1.165, 1.54) is 12.1 Å². The van der Waals surface area contributed by atoms with Gasteiger partial charge in [0.1, 0.15) is 13.2 Å². The maximum atomic E-state index is 12.6. The molecule has 0 fully saturated rings. The van der Waals surface area contributed by atoms with Crippen molar-refractivity contribution in [3.63, 3.8) is 0 Å². The van der Waals surface area contributed by atoms with Crippen LogP contribution in [0.15, 0.2) is 54.6 Å². The number of ether oxygens (including phenoxy) is 1. The largest absolute Gasteiger partial charge is 0.460 e. The predicted octanol–water partition coefficient (Wildman–Crippen LogP) is 3.11. The minimum Gasteiger partial charge on any atom is -0.460 e. The molecule has 0 radical (unpaired) electrons. The average molecular weight is 351 g/mol. The second-order valence-electron chi connectivity index (χ2n) is 5.30. The minimum atomic E-state index is -4.45. The van der Waals surface area contributed by atoms with E-state index in [2.05, 4.69) is 5.32 Å². The van der Waals surface area contributed by atoms with Crippen molar-refractivity contribution in [2.45, 2.75) is 19.2 Å². The molecule has 25 heavy (non-hydrogen) atoms. The van der Waals surface area contributed by atoms with Crippen LogP contribution >= 0.6 is 0 Å². The summed E-state index contributed by atoms with van der Waals surface area (Å²) in [6.07, 6.45) is -4.33. The van der Waals surface area contributed by atoms with Crippen LogP contribution < -0.4 is 5.32 Å². The van der Waals surface area contributed by atoms with Crippen LogP contribution in [-0.2, 0) is 33.5 Å². The van der Waals surface area contributed by atoms with Crippen molar-refractivity contribution in [3.8, 4) is 0 Å². The Bertz CT molecular complexity index is 730. The molecule has 0 saturated heterocycles. The van der Waals surface area contributed by atoms with Crippen molar-refractivity contribution >= 4 is 11.9 Å². The molecule has 2 rings (SSSR count). The van der Waals surface area contributed by atoms with Gasteiger partial charge in [0.2, 0.25) is 5.91 Å². The average Bonchev–Trinajstić information content (AvgIpc) is 2.58. The molecule has 1 N–H and O–H groups in total. The Morgan fingerprint density at radius 3 is 2.32 bits per heavy atom. The fourth-order valence-corrected chi connectivity index (χ4v) is 2.07.